The average molecular weight is 574 g/mol. The van der Waals surface area contributed by atoms with E-state index in [2.05, 4.69) is 15.4 Å². The van der Waals surface area contributed by atoms with Crippen molar-refractivity contribution in [2.45, 2.75) is 20.1 Å². The number of primary amides is 1. The van der Waals surface area contributed by atoms with E-state index in [1.54, 1.807) is 36.5 Å². The lowest BCUT2D eigenvalue weighted by Crippen LogP contribution is -2.17. The van der Waals surface area contributed by atoms with Gasteiger partial charge in [0.25, 0.3) is 18.2 Å². The van der Waals surface area contributed by atoms with Gasteiger partial charge in [0.15, 0.2) is 12.4 Å². The topological polar surface area (TPSA) is 112 Å². The van der Waals surface area contributed by atoms with Gasteiger partial charge in [-0.15, -0.1) is 22.7 Å². The predicted molar refractivity (Wildman–Crippen MR) is 143 cm³/mol. The maximum atomic E-state index is 13.6. The average Bonchev–Trinajstić information content (AvgIpc) is 3.62. The van der Waals surface area contributed by atoms with Crippen LogP contribution in [0.15, 0.2) is 54.7 Å². The molecule has 5 aromatic rings. The zero-order chi connectivity index (χ0) is 27.0. The number of nitrogens with one attached hydrogen (secondary N) is 1. The van der Waals surface area contributed by atoms with Gasteiger partial charge >= 0.3 is 0 Å². The van der Waals surface area contributed by atoms with E-state index >= 15 is 0 Å². The summed E-state index contributed by atoms with van der Waals surface area (Å²) in [4.78, 5) is 31.3. The lowest BCUT2D eigenvalue weighted by atomic mass is 10.1. The minimum absolute atomic E-state index is 0.00681. The highest BCUT2D eigenvalue weighted by atomic mass is 35.5. The summed E-state index contributed by atoms with van der Waals surface area (Å²) in [5.74, 6) is -0.998. The Hall–Kier alpha value is -3.87. The molecule has 4 heterocycles. The van der Waals surface area contributed by atoms with Gasteiger partial charge in [0.2, 0.25) is 0 Å². The third-order valence-electron chi connectivity index (χ3n) is 5.44. The Morgan fingerprint density at radius 3 is 2.66 bits per heavy atom. The number of rotatable bonds is 8. The Morgan fingerprint density at radius 1 is 1.18 bits per heavy atom. The van der Waals surface area contributed by atoms with Crippen LogP contribution < -0.4 is 15.8 Å². The number of carbonyl (C=O) groups excluding carboxylic acids is 2. The van der Waals surface area contributed by atoms with Gasteiger partial charge in [-0.25, -0.2) is 18.4 Å². The van der Waals surface area contributed by atoms with E-state index in [-0.39, 0.29) is 27.8 Å². The minimum atomic E-state index is -2.83. The van der Waals surface area contributed by atoms with Crippen molar-refractivity contribution in [1.29, 1.82) is 0 Å². The van der Waals surface area contributed by atoms with Crippen LogP contribution in [-0.4, -0.2) is 26.6 Å². The van der Waals surface area contributed by atoms with Crippen LogP contribution in [0.25, 0.3) is 20.7 Å². The van der Waals surface area contributed by atoms with Crippen LogP contribution in [0.3, 0.4) is 0 Å². The molecule has 0 aliphatic heterocycles. The Morgan fingerprint density at radius 2 is 1.97 bits per heavy atom. The van der Waals surface area contributed by atoms with Crippen LogP contribution in [0.1, 0.15) is 37.2 Å². The second kappa shape index (κ2) is 10.5. The van der Waals surface area contributed by atoms with Gasteiger partial charge in [-0.3, -0.25) is 9.59 Å². The predicted octanol–water partition coefficient (Wildman–Crippen LogP) is 6.51. The molecule has 0 spiro atoms. The van der Waals surface area contributed by atoms with Crippen molar-refractivity contribution in [2.24, 2.45) is 5.73 Å². The molecule has 8 nitrogen and oxygen atoms in total. The number of carbonyl (C=O) groups is 2. The molecule has 0 atom stereocenters. The van der Waals surface area contributed by atoms with Crippen LogP contribution in [-0.2, 0) is 6.73 Å². The Kier molecular flexibility index (Phi) is 7.11. The van der Waals surface area contributed by atoms with Crippen molar-refractivity contribution in [3.05, 3.63) is 80.9 Å². The van der Waals surface area contributed by atoms with Gasteiger partial charge in [-0.1, -0.05) is 23.7 Å². The summed E-state index contributed by atoms with van der Waals surface area (Å²) in [5, 5.41) is 7.71. The molecule has 0 bridgehead atoms. The fourth-order valence-electron chi connectivity index (χ4n) is 3.73. The minimum Gasteiger partial charge on any atom is -0.470 e. The Bertz CT molecular complexity index is 1680. The molecule has 0 aliphatic rings. The summed E-state index contributed by atoms with van der Waals surface area (Å²) in [6.07, 6.45) is -1.28. The number of nitrogens with zero attached hydrogens (tertiary/aromatic N) is 3. The van der Waals surface area contributed by atoms with Gasteiger partial charge in [-0.2, -0.15) is 5.10 Å². The number of aryl methyl sites for hydroxylation is 1. The summed E-state index contributed by atoms with van der Waals surface area (Å²) in [7, 11) is 0. The van der Waals surface area contributed by atoms with Crippen LogP contribution in [0, 0.1) is 6.92 Å². The number of benzene rings is 1. The van der Waals surface area contributed by atoms with E-state index in [0.29, 0.717) is 26.6 Å². The number of alkyl halides is 2. The van der Waals surface area contributed by atoms with E-state index in [1.165, 1.54) is 28.2 Å². The van der Waals surface area contributed by atoms with Gasteiger partial charge < -0.3 is 15.8 Å². The molecule has 0 radical (unpaired) electrons. The van der Waals surface area contributed by atoms with E-state index in [0.717, 1.165) is 16.2 Å². The van der Waals surface area contributed by atoms with Crippen molar-refractivity contribution in [3.8, 4) is 16.2 Å². The van der Waals surface area contributed by atoms with Crippen molar-refractivity contribution in [2.75, 3.05) is 5.32 Å². The molecule has 194 valence electrons. The number of anilines is 1. The maximum Gasteiger partial charge on any atom is 0.280 e. The smallest absolute Gasteiger partial charge is 0.280 e. The van der Waals surface area contributed by atoms with Crippen molar-refractivity contribution in [1.82, 2.24) is 14.8 Å². The lowest BCUT2D eigenvalue weighted by molar-refractivity contribution is 0.100. The first kappa shape index (κ1) is 25.8. The zero-order valence-corrected chi connectivity index (χ0v) is 22.0. The highest BCUT2D eigenvalue weighted by Crippen LogP contribution is 2.44. The Balaban J connectivity index is 1.50. The molecular formula is C25H18ClF2N5O3S2. The van der Waals surface area contributed by atoms with Crippen LogP contribution in [0.2, 0.25) is 5.02 Å². The number of hydrogen-bond acceptors (Lipinski definition) is 7. The second-order valence-corrected chi connectivity index (χ2v) is 10.7. The molecule has 4 aromatic heterocycles. The number of amides is 2. The number of pyridine rings is 1. The number of halogens is 3. The quantitative estimate of drug-likeness (QED) is 0.220. The summed E-state index contributed by atoms with van der Waals surface area (Å²) in [6, 6.07) is 13.3. The van der Waals surface area contributed by atoms with Crippen LogP contribution >= 0.6 is 34.3 Å². The number of nitrogens with two attached hydrogens (primary N) is 1. The summed E-state index contributed by atoms with van der Waals surface area (Å²) < 4.78 is 34.3. The first-order chi connectivity index (χ1) is 18.2. The summed E-state index contributed by atoms with van der Waals surface area (Å²) in [5.41, 5.74) is 5.70. The highest BCUT2D eigenvalue weighted by Gasteiger charge is 2.26. The number of hydrogen-bond donors (Lipinski definition) is 2. The van der Waals surface area contributed by atoms with Gasteiger partial charge in [0.05, 0.1) is 10.7 Å². The molecule has 1 aromatic carbocycles. The van der Waals surface area contributed by atoms with Crippen LogP contribution in [0.4, 0.5) is 14.5 Å². The molecule has 3 N–H and O–H groups in total. The van der Waals surface area contributed by atoms with Crippen molar-refractivity contribution < 1.29 is 23.1 Å². The molecule has 2 amide bonds. The number of thiophene rings is 2. The van der Waals surface area contributed by atoms with Gasteiger partial charge in [0, 0.05) is 26.9 Å². The standard InChI is InChI=1S/C25H18ClF2N5O3S2/c1-12-6-7-18(37-12)13-10-16(22(27)28)30-25-19(13)20(21(38-25)23(29)34)31-24(35)15-8-9-33(32-15)11-36-17-5-3-2-4-14(17)26/h2-10,22H,11H2,1H3,(H2,29,34)(H,31,35). The van der Waals surface area contributed by atoms with E-state index in [9.17, 15) is 18.4 Å². The number of ether oxygens (including phenoxy) is 1. The highest BCUT2D eigenvalue weighted by molar-refractivity contribution is 7.21. The monoisotopic (exact) mass is 573 g/mol. The number of aromatic nitrogens is 3. The summed E-state index contributed by atoms with van der Waals surface area (Å²) in [6.45, 7) is 1.88. The molecule has 0 saturated heterocycles. The van der Waals surface area contributed by atoms with Crippen molar-refractivity contribution in [3.63, 3.8) is 0 Å². The first-order valence-electron chi connectivity index (χ1n) is 11.1. The molecule has 0 saturated carbocycles. The normalized spacial score (nSPS) is 11.3. The van der Waals surface area contributed by atoms with Gasteiger partial charge in [-0.05, 0) is 43.3 Å². The largest absolute Gasteiger partial charge is 0.470 e. The lowest BCUT2D eigenvalue weighted by Gasteiger charge is -2.09. The molecular weight excluding hydrogens is 556 g/mol. The van der Waals surface area contributed by atoms with E-state index < -0.39 is 23.9 Å². The summed E-state index contributed by atoms with van der Waals surface area (Å²) >= 11 is 8.33. The van der Waals surface area contributed by atoms with E-state index in [1.807, 2.05) is 13.0 Å². The third kappa shape index (κ3) is 5.10. The second-order valence-electron chi connectivity index (χ2n) is 8.05. The first-order valence-corrected chi connectivity index (χ1v) is 13.1. The molecule has 0 fully saturated rings. The van der Waals surface area contributed by atoms with E-state index in [4.69, 9.17) is 22.1 Å². The van der Waals surface area contributed by atoms with Crippen LogP contribution in [0.5, 0.6) is 5.75 Å². The van der Waals surface area contributed by atoms with Gasteiger partial charge in [0.1, 0.15) is 21.2 Å². The number of fused-ring (bicyclic) bond motifs is 1. The number of para-hydroxylation sites is 1. The fourth-order valence-corrected chi connectivity index (χ4v) is 5.82. The molecule has 5 rings (SSSR count). The molecule has 38 heavy (non-hydrogen) atoms. The third-order valence-corrected chi connectivity index (χ3v) is 7.88. The SMILES string of the molecule is Cc1ccc(-c2cc(C(F)F)nc3sc(C(N)=O)c(NC(=O)c4ccn(COc5ccccc5Cl)n4)c23)s1. The zero-order valence-electron chi connectivity index (χ0n) is 19.6. The maximum absolute atomic E-state index is 13.6. The Labute approximate surface area is 227 Å². The molecule has 0 aliphatic carbocycles. The molecule has 0 unspecified atom stereocenters. The fraction of sp³-hybridized carbons (Fsp3) is 0.120. The molecule has 13 heteroatoms. The van der Waals surface area contributed by atoms with Crippen molar-refractivity contribution >= 4 is 62.0 Å².